The first-order chi connectivity index (χ1) is 22.2. The van der Waals surface area contributed by atoms with Crippen molar-refractivity contribution in [1.82, 2.24) is 40.4 Å². The smallest absolute Gasteiger partial charge is 0.242 e. The maximum absolute atomic E-state index is 13.5. The predicted octanol–water partition coefficient (Wildman–Crippen LogP) is 4.27. The molecule has 4 aromatic rings. The van der Waals surface area contributed by atoms with Crippen LogP contribution in [0.4, 0.5) is 0 Å². The molecule has 12 heteroatoms. The van der Waals surface area contributed by atoms with Crippen molar-refractivity contribution < 1.29 is 18.9 Å². The molecule has 5 rings (SSSR count). The van der Waals surface area contributed by atoms with Crippen molar-refractivity contribution in [2.45, 2.75) is 78.4 Å². The number of nitrogens with one attached hydrogen (secondary N) is 2. The van der Waals surface area contributed by atoms with Gasteiger partial charge >= 0.3 is 0 Å². The lowest BCUT2D eigenvalue weighted by Gasteiger charge is -2.27. The number of hydrogen-bond donors (Lipinski definition) is 2. The molecule has 0 bridgehead atoms. The Hall–Kier alpha value is -4.87. The summed E-state index contributed by atoms with van der Waals surface area (Å²) in [4.78, 5) is 50.5. The molecule has 0 saturated carbocycles. The number of fused-ring (bicyclic) bond motifs is 1. The van der Waals surface area contributed by atoms with E-state index in [-0.39, 0.29) is 36.5 Å². The Balaban J connectivity index is 1.33. The van der Waals surface area contributed by atoms with E-state index in [9.17, 15) is 14.4 Å². The van der Waals surface area contributed by atoms with Crippen molar-refractivity contribution in [3.8, 4) is 22.8 Å². The quantitative estimate of drug-likeness (QED) is 0.309. The zero-order valence-electron chi connectivity index (χ0n) is 26.9. The Labute approximate surface area is 269 Å². The van der Waals surface area contributed by atoms with Crippen LogP contribution < -0.4 is 10.6 Å². The minimum atomic E-state index is -0.726. The Morgan fingerprint density at radius 2 is 1.74 bits per heavy atom. The highest BCUT2D eigenvalue weighted by Crippen LogP contribution is 2.25. The molecule has 12 nitrogen and oxygen atoms in total. The first-order valence-electron chi connectivity index (χ1n) is 16.0. The molecule has 46 heavy (non-hydrogen) atoms. The number of carbonyl (C=O) groups excluding carboxylic acids is 3. The van der Waals surface area contributed by atoms with Gasteiger partial charge in [-0.25, -0.2) is 9.67 Å². The highest BCUT2D eigenvalue weighted by molar-refractivity contribution is 5.87. The van der Waals surface area contributed by atoms with Crippen LogP contribution in [0.2, 0.25) is 0 Å². The Bertz CT molecular complexity index is 1650. The second-order valence-corrected chi connectivity index (χ2v) is 12.1. The first-order valence-corrected chi connectivity index (χ1v) is 16.0. The largest absolute Gasteiger partial charge is 0.345 e. The van der Waals surface area contributed by atoms with Crippen LogP contribution in [0.1, 0.15) is 69.8 Å². The van der Waals surface area contributed by atoms with Crippen LogP contribution in [0.25, 0.3) is 22.8 Å². The van der Waals surface area contributed by atoms with E-state index in [1.165, 1.54) is 0 Å². The highest BCUT2D eigenvalue weighted by atomic mass is 16.5. The number of nitrogens with zero attached hydrogens (tertiary/aromatic N) is 6. The topological polar surface area (TPSA) is 148 Å². The summed E-state index contributed by atoms with van der Waals surface area (Å²) < 4.78 is 7.27. The van der Waals surface area contributed by atoms with E-state index in [1.807, 2.05) is 75.4 Å². The fourth-order valence-electron chi connectivity index (χ4n) is 5.49. The lowest BCUT2D eigenvalue weighted by atomic mass is 10.0. The monoisotopic (exact) mass is 626 g/mol. The summed E-state index contributed by atoms with van der Waals surface area (Å²) in [6.45, 7) is 8.82. The van der Waals surface area contributed by atoms with E-state index in [1.54, 1.807) is 16.5 Å². The van der Waals surface area contributed by atoms with Gasteiger partial charge in [0.1, 0.15) is 6.04 Å². The summed E-state index contributed by atoms with van der Waals surface area (Å²) >= 11 is 0. The summed E-state index contributed by atoms with van der Waals surface area (Å²) in [5.41, 5.74) is 2.83. The average molecular weight is 627 g/mol. The number of aryl methyl sites for hydroxylation is 2. The second-order valence-electron chi connectivity index (χ2n) is 12.1. The second kappa shape index (κ2) is 14.9. The number of rotatable bonds is 7. The van der Waals surface area contributed by atoms with E-state index in [0.29, 0.717) is 62.3 Å². The standard InChI is InChI=1S/C34H42N8O4/c1-22(2)30-33-38-31(25-13-6-5-7-14-25)39-42(33)21-20-41(19-11-16-27(43)35-24(4)34(45)37-30)29(44)18-10-17-28-36-32(40-46-28)26-15-9-8-12-23(26)3/h5-9,12-15,22,24,30H,10-11,16-21H2,1-4H3,(H,35,43)(H,37,45)/t24-,30+/m1/s1. The molecule has 2 N–H and O–H groups in total. The highest BCUT2D eigenvalue weighted by Gasteiger charge is 2.29. The number of carbonyl (C=O) groups is 3. The van der Waals surface area contributed by atoms with E-state index in [2.05, 4.69) is 20.8 Å². The summed E-state index contributed by atoms with van der Waals surface area (Å²) in [7, 11) is 0. The summed E-state index contributed by atoms with van der Waals surface area (Å²) in [5.74, 6) is 1.61. The molecular formula is C34H42N8O4. The molecule has 2 aromatic heterocycles. The van der Waals surface area contributed by atoms with Crippen LogP contribution in [-0.2, 0) is 27.3 Å². The Morgan fingerprint density at radius 3 is 2.50 bits per heavy atom. The first kappa shape index (κ1) is 32.5. The number of amides is 3. The van der Waals surface area contributed by atoms with Crippen molar-refractivity contribution >= 4 is 17.7 Å². The van der Waals surface area contributed by atoms with E-state index < -0.39 is 12.1 Å². The number of benzene rings is 2. The SMILES string of the molecule is Cc1ccccc1-c1noc(CCCC(=O)N2CCCC(=O)N[C@H](C)C(=O)N[C@@H](C(C)C)c3nc(-c4ccccc4)nn3CC2)n1. The van der Waals surface area contributed by atoms with Crippen molar-refractivity contribution in [2.24, 2.45) is 5.92 Å². The molecule has 2 atom stereocenters. The number of hydrogen-bond acceptors (Lipinski definition) is 8. The minimum Gasteiger partial charge on any atom is -0.345 e. The Kier molecular flexibility index (Phi) is 10.6. The van der Waals surface area contributed by atoms with Gasteiger partial charge in [0, 0.05) is 43.5 Å². The minimum absolute atomic E-state index is 0.0138. The zero-order valence-corrected chi connectivity index (χ0v) is 26.9. The third-order valence-electron chi connectivity index (χ3n) is 8.15. The van der Waals surface area contributed by atoms with Gasteiger partial charge in [-0.05, 0) is 38.2 Å². The molecule has 1 aliphatic rings. The van der Waals surface area contributed by atoms with Crippen LogP contribution in [0, 0.1) is 12.8 Å². The van der Waals surface area contributed by atoms with Crippen molar-refractivity contribution in [3.63, 3.8) is 0 Å². The van der Waals surface area contributed by atoms with Crippen LogP contribution in [0.15, 0.2) is 59.1 Å². The molecule has 0 spiro atoms. The molecule has 2 aromatic carbocycles. The molecule has 0 fully saturated rings. The van der Waals surface area contributed by atoms with Crippen LogP contribution in [0.3, 0.4) is 0 Å². The van der Waals surface area contributed by atoms with Crippen molar-refractivity contribution in [3.05, 3.63) is 71.9 Å². The Morgan fingerprint density at radius 1 is 0.978 bits per heavy atom. The van der Waals surface area contributed by atoms with Gasteiger partial charge in [-0.15, -0.1) is 0 Å². The molecule has 3 amide bonds. The molecule has 0 saturated heterocycles. The summed E-state index contributed by atoms with van der Waals surface area (Å²) in [6, 6.07) is 16.3. The molecule has 0 unspecified atom stereocenters. The van der Waals surface area contributed by atoms with Gasteiger partial charge in [-0.3, -0.25) is 14.4 Å². The third kappa shape index (κ3) is 8.04. The van der Waals surface area contributed by atoms with E-state index >= 15 is 0 Å². The fraction of sp³-hybridized carbons (Fsp3) is 0.441. The average Bonchev–Trinajstić information content (AvgIpc) is 3.69. The van der Waals surface area contributed by atoms with Gasteiger partial charge in [-0.2, -0.15) is 10.1 Å². The van der Waals surface area contributed by atoms with Crippen molar-refractivity contribution in [2.75, 3.05) is 13.1 Å². The van der Waals surface area contributed by atoms with Gasteiger partial charge in [0.2, 0.25) is 29.4 Å². The molecule has 1 aliphatic heterocycles. The molecular weight excluding hydrogens is 584 g/mol. The predicted molar refractivity (Wildman–Crippen MR) is 172 cm³/mol. The third-order valence-corrected chi connectivity index (χ3v) is 8.15. The van der Waals surface area contributed by atoms with E-state index in [4.69, 9.17) is 14.6 Å². The fourth-order valence-corrected chi connectivity index (χ4v) is 5.49. The normalized spacial score (nSPS) is 18.1. The molecule has 242 valence electrons. The van der Waals surface area contributed by atoms with Gasteiger partial charge in [0.25, 0.3) is 0 Å². The molecule has 0 radical (unpaired) electrons. The molecule has 3 heterocycles. The van der Waals surface area contributed by atoms with Crippen LogP contribution in [0.5, 0.6) is 0 Å². The van der Waals surface area contributed by atoms with Crippen molar-refractivity contribution in [1.29, 1.82) is 0 Å². The number of aromatic nitrogens is 5. The van der Waals surface area contributed by atoms with Gasteiger partial charge < -0.3 is 20.1 Å². The maximum Gasteiger partial charge on any atom is 0.242 e. The van der Waals surface area contributed by atoms with Gasteiger partial charge in [-0.1, -0.05) is 73.6 Å². The van der Waals surface area contributed by atoms with Gasteiger partial charge in [0.15, 0.2) is 11.6 Å². The maximum atomic E-state index is 13.5. The lowest BCUT2D eigenvalue weighted by Crippen LogP contribution is -2.47. The summed E-state index contributed by atoms with van der Waals surface area (Å²) in [5, 5.41) is 14.8. The molecule has 0 aliphatic carbocycles. The lowest BCUT2D eigenvalue weighted by molar-refractivity contribution is -0.132. The van der Waals surface area contributed by atoms with E-state index in [0.717, 1.165) is 16.7 Å². The van der Waals surface area contributed by atoms with Crippen LogP contribution in [-0.4, -0.2) is 66.7 Å². The summed E-state index contributed by atoms with van der Waals surface area (Å²) in [6.07, 6.45) is 1.96. The zero-order chi connectivity index (χ0) is 32.6. The van der Waals surface area contributed by atoms with Crippen LogP contribution >= 0.6 is 0 Å². The van der Waals surface area contributed by atoms with Gasteiger partial charge in [0.05, 0.1) is 12.6 Å².